The van der Waals surface area contributed by atoms with Crippen molar-refractivity contribution in [1.29, 1.82) is 0 Å². The molecule has 0 bridgehead atoms. The number of carboxylic acid groups (broad SMARTS) is 1. The van der Waals surface area contributed by atoms with Gasteiger partial charge in [-0.15, -0.1) is 0 Å². The summed E-state index contributed by atoms with van der Waals surface area (Å²) in [5.41, 5.74) is -0.214. The van der Waals surface area contributed by atoms with Crippen molar-refractivity contribution in [1.82, 2.24) is 0 Å². The summed E-state index contributed by atoms with van der Waals surface area (Å²) in [6.07, 6.45) is 4.77. The third-order valence-electron chi connectivity index (χ3n) is 3.69. The molecule has 1 fully saturated rings. The minimum absolute atomic E-state index is 0.0432. The SMILES string of the molecule is O=C(O)c1ccc(F)c(S(=O)(=O)CC2CCCCC2)c1. The molecule has 0 saturated heterocycles. The Morgan fingerprint density at radius 3 is 2.50 bits per heavy atom. The lowest BCUT2D eigenvalue weighted by Gasteiger charge is -2.21. The van der Waals surface area contributed by atoms with Crippen molar-refractivity contribution in [3.8, 4) is 0 Å². The van der Waals surface area contributed by atoms with Crippen molar-refractivity contribution >= 4 is 15.8 Å². The van der Waals surface area contributed by atoms with Crippen molar-refractivity contribution in [2.24, 2.45) is 5.92 Å². The molecular weight excluding hydrogens is 283 g/mol. The molecule has 0 atom stereocenters. The third-order valence-corrected chi connectivity index (χ3v) is 5.59. The number of hydrogen-bond donors (Lipinski definition) is 1. The summed E-state index contributed by atoms with van der Waals surface area (Å²) in [6, 6.07) is 2.88. The van der Waals surface area contributed by atoms with Gasteiger partial charge in [-0.05, 0) is 37.0 Å². The van der Waals surface area contributed by atoms with Crippen LogP contribution in [-0.4, -0.2) is 25.2 Å². The van der Waals surface area contributed by atoms with Crippen LogP contribution in [0.5, 0.6) is 0 Å². The monoisotopic (exact) mass is 300 g/mol. The van der Waals surface area contributed by atoms with Gasteiger partial charge in [0.15, 0.2) is 9.84 Å². The fourth-order valence-corrected chi connectivity index (χ4v) is 4.43. The average molecular weight is 300 g/mol. The van der Waals surface area contributed by atoms with Crippen molar-refractivity contribution in [3.05, 3.63) is 29.6 Å². The summed E-state index contributed by atoms with van der Waals surface area (Å²) in [6.45, 7) is 0. The topological polar surface area (TPSA) is 71.4 Å². The van der Waals surface area contributed by atoms with Crippen LogP contribution in [0.2, 0.25) is 0 Å². The van der Waals surface area contributed by atoms with Crippen LogP contribution >= 0.6 is 0 Å². The first-order valence-electron chi connectivity index (χ1n) is 6.66. The molecule has 2 rings (SSSR count). The number of carboxylic acids is 1. The highest BCUT2D eigenvalue weighted by molar-refractivity contribution is 7.91. The number of hydrogen-bond acceptors (Lipinski definition) is 3. The second kappa shape index (κ2) is 5.91. The Kier molecular flexibility index (Phi) is 4.42. The van der Waals surface area contributed by atoms with Crippen molar-refractivity contribution < 1.29 is 22.7 Å². The van der Waals surface area contributed by atoms with Gasteiger partial charge in [-0.3, -0.25) is 0 Å². The maximum absolute atomic E-state index is 13.7. The molecule has 1 aliphatic carbocycles. The zero-order valence-electron chi connectivity index (χ0n) is 11.0. The van der Waals surface area contributed by atoms with E-state index in [1.54, 1.807) is 0 Å². The van der Waals surface area contributed by atoms with Crippen LogP contribution in [0, 0.1) is 11.7 Å². The van der Waals surface area contributed by atoms with Crippen LogP contribution in [0.1, 0.15) is 42.5 Å². The molecule has 0 heterocycles. The van der Waals surface area contributed by atoms with Gasteiger partial charge < -0.3 is 5.11 Å². The molecule has 0 unspecified atom stereocenters. The lowest BCUT2D eigenvalue weighted by molar-refractivity contribution is 0.0696. The van der Waals surface area contributed by atoms with Gasteiger partial charge >= 0.3 is 5.97 Å². The van der Waals surface area contributed by atoms with Gasteiger partial charge in [0, 0.05) is 0 Å². The number of carbonyl (C=O) groups is 1. The van der Waals surface area contributed by atoms with E-state index < -0.39 is 26.5 Å². The van der Waals surface area contributed by atoms with E-state index in [0.717, 1.165) is 50.3 Å². The summed E-state index contributed by atoms with van der Waals surface area (Å²) in [4.78, 5) is 10.4. The van der Waals surface area contributed by atoms with Crippen molar-refractivity contribution in [3.63, 3.8) is 0 Å². The van der Waals surface area contributed by atoms with E-state index in [9.17, 15) is 17.6 Å². The zero-order valence-corrected chi connectivity index (χ0v) is 11.8. The third kappa shape index (κ3) is 3.36. The van der Waals surface area contributed by atoms with Gasteiger partial charge in [0.2, 0.25) is 0 Å². The molecule has 110 valence electrons. The predicted molar refractivity (Wildman–Crippen MR) is 72.0 cm³/mol. The van der Waals surface area contributed by atoms with Crippen LogP contribution in [0.15, 0.2) is 23.1 Å². The molecule has 6 heteroatoms. The molecule has 1 aromatic rings. The standard InChI is InChI=1S/C14H17FO4S/c15-12-7-6-11(14(16)17)8-13(12)20(18,19)9-10-4-2-1-3-5-10/h6-8,10H,1-5,9H2,(H,16,17). The zero-order chi connectivity index (χ0) is 14.8. The van der Waals surface area contributed by atoms with Crippen molar-refractivity contribution in [2.75, 3.05) is 5.75 Å². The molecule has 0 radical (unpaired) electrons. The lowest BCUT2D eigenvalue weighted by atomic mass is 9.91. The summed E-state index contributed by atoms with van der Waals surface area (Å²) < 4.78 is 38.2. The van der Waals surface area contributed by atoms with Gasteiger partial charge in [0.25, 0.3) is 0 Å². The van der Waals surface area contributed by atoms with E-state index in [1.807, 2.05) is 0 Å². The Morgan fingerprint density at radius 2 is 1.90 bits per heavy atom. The Bertz CT molecular complexity index is 604. The second-order valence-electron chi connectivity index (χ2n) is 5.24. The Labute approximate surface area is 117 Å². The highest BCUT2D eigenvalue weighted by atomic mass is 32.2. The smallest absolute Gasteiger partial charge is 0.335 e. The minimum Gasteiger partial charge on any atom is -0.478 e. The largest absolute Gasteiger partial charge is 0.478 e. The first-order valence-corrected chi connectivity index (χ1v) is 8.31. The van der Waals surface area contributed by atoms with E-state index in [0.29, 0.717) is 0 Å². The van der Waals surface area contributed by atoms with E-state index >= 15 is 0 Å². The highest BCUT2D eigenvalue weighted by Crippen LogP contribution is 2.28. The number of halogens is 1. The second-order valence-corrected chi connectivity index (χ2v) is 7.24. The maximum atomic E-state index is 13.7. The molecule has 0 spiro atoms. The Morgan fingerprint density at radius 1 is 1.25 bits per heavy atom. The number of benzene rings is 1. The van der Waals surface area contributed by atoms with Gasteiger partial charge in [0.05, 0.1) is 11.3 Å². The quantitative estimate of drug-likeness (QED) is 0.928. The molecule has 0 aromatic heterocycles. The summed E-state index contributed by atoms with van der Waals surface area (Å²) >= 11 is 0. The molecule has 1 aromatic carbocycles. The minimum atomic E-state index is -3.78. The fraction of sp³-hybridized carbons (Fsp3) is 0.500. The molecular formula is C14H17FO4S. The van der Waals surface area contributed by atoms with Gasteiger partial charge in [0.1, 0.15) is 10.7 Å². The summed E-state index contributed by atoms with van der Waals surface area (Å²) in [5, 5.41) is 8.87. The molecule has 1 aliphatic rings. The average Bonchev–Trinajstić information content (AvgIpc) is 2.39. The van der Waals surface area contributed by atoms with Crippen molar-refractivity contribution in [2.45, 2.75) is 37.0 Å². The molecule has 4 nitrogen and oxygen atoms in total. The molecule has 20 heavy (non-hydrogen) atoms. The van der Waals surface area contributed by atoms with Crippen LogP contribution in [-0.2, 0) is 9.84 Å². The first-order chi connectivity index (χ1) is 9.40. The highest BCUT2D eigenvalue weighted by Gasteiger charge is 2.26. The summed E-state index contributed by atoms with van der Waals surface area (Å²) in [7, 11) is -3.78. The number of sulfone groups is 1. The van der Waals surface area contributed by atoms with E-state index in [4.69, 9.17) is 5.11 Å². The molecule has 1 saturated carbocycles. The van der Waals surface area contributed by atoms with Crippen LogP contribution in [0.25, 0.3) is 0 Å². The fourth-order valence-electron chi connectivity index (χ4n) is 2.63. The summed E-state index contributed by atoms with van der Waals surface area (Å²) in [5.74, 6) is -2.21. The predicted octanol–water partition coefficient (Wildman–Crippen LogP) is 2.88. The van der Waals surface area contributed by atoms with Crippen LogP contribution in [0.4, 0.5) is 4.39 Å². The lowest BCUT2D eigenvalue weighted by Crippen LogP contribution is -2.20. The number of aromatic carboxylic acids is 1. The van der Waals surface area contributed by atoms with Gasteiger partial charge in [-0.1, -0.05) is 19.3 Å². The maximum Gasteiger partial charge on any atom is 0.335 e. The van der Waals surface area contributed by atoms with Gasteiger partial charge in [-0.25, -0.2) is 17.6 Å². The Balaban J connectivity index is 2.28. The number of rotatable bonds is 4. The molecule has 0 aliphatic heterocycles. The van der Waals surface area contributed by atoms with E-state index in [2.05, 4.69) is 0 Å². The van der Waals surface area contributed by atoms with Crippen LogP contribution in [0.3, 0.4) is 0 Å². The first kappa shape index (κ1) is 15.0. The van der Waals surface area contributed by atoms with Gasteiger partial charge in [-0.2, -0.15) is 0 Å². The van der Waals surface area contributed by atoms with E-state index in [-0.39, 0.29) is 17.2 Å². The van der Waals surface area contributed by atoms with E-state index in [1.165, 1.54) is 0 Å². The molecule has 1 N–H and O–H groups in total. The molecule has 0 amide bonds. The normalized spacial score (nSPS) is 17.1. The Hall–Kier alpha value is -1.43. The van der Waals surface area contributed by atoms with Crippen LogP contribution < -0.4 is 0 Å².